The van der Waals surface area contributed by atoms with Gasteiger partial charge < -0.3 is 19.5 Å². The zero-order valence-electron chi connectivity index (χ0n) is 14.3. The van der Waals surface area contributed by atoms with Gasteiger partial charge >= 0.3 is 5.97 Å². The van der Waals surface area contributed by atoms with Crippen molar-refractivity contribution < 1.29 is 28.2 Å². The predicted molar refractivity (Wildman–Crippen MR) is 94.5 cm³/mol. The maximum atomic E-state index is 13.7. The average molecular weight is 382 g/mol. The summed E-state index contributed by atoms with van der Waals surface area (Å²) in [6, 6.07) is 8.41. The van der Waals surface area contributed by atoms with Crippen LogP contribution in [0.25, 0.3) is 0 Å². The van der Waals surface area contributed by atoms with E-state index >= 15 is 0 Å². The molecule has 26 heavy (non-hydrogen) atoms. The average Bonchev–Trinajstić information content (AvgIpc) is 2.63. The van der Waals surface area contributed by atoms with Crippen molar-refractivity contribution in [3.63, 3.8) is 0 Å². The SMILES string of the molecule is COc1ccc(OC)c(C(=O)OC(C)C(=O)Nc2ccc(Cl)cc2F)c1. The first kappa shape index (κ1) is 19.5. The number of ether oxygens (including phenoxy) is 3. The Labute approximate surface area is 154 Å². The molecule has 0 fully saturated rings. The van der Waals surface area contributed by atoms with Gasteiger partial charge in [-0.15, -0.1) is 0 Å². The molecule has 0 aromatic heterocycles. The number of carbonyl (C=O) groups excluding carboxylic acids is 2. The van der Waals surface area contributed by atoms with Gasteiger partial charge in [-0.1, -0.05) is 11.6 Å². The quantitative estimate of drug-likeness (QED) is 0.773. The number of halogens is 2. The Hall–Kier alpha value is -2.80. The van der Waals surface area contributed by atoms with Crippen molar-refractivity contribution in [3.05, 3.63) is 52.8 Å². The van der Waals surface area contributed by atoms with Crippen LogP contribution in [0.4, 0.5) is 10.1 Å². The first-order chi connectivity index (χ1) is 12.3. The largest absolute Gasteiger partial charge is 0.497 e. The maximum absolute atomic E-state index is 13.7. The zero-order chi connectivity index (χ0) is 19.3. The summed E-state index contributed by atoms with van der Waals surface area (Å²) in [6.07, 6.45) is -1.17. The smallest absolute Gasteiger partial charge is 0.342 e. The lowest BCUT2D eigenvalue weighted by molar-refractivity contribution is -0.123. The molecular weight excluding hydrogens is 365 g/mol. The van der Waals surface area contributed by atoms with Crippen molar-refractivity contribution in [2.24, 2.45) is 0 Å². The minimum absolute atomic E-state index is 0.0683. The second-order valence-corrected chi connectivity index (χ2v) is 5.66. The number of anilines is 1. The van der Waals surface area contributed by atoms with Gasteiger partial charge in [-0.3, -0.25) is 4.79 Å². The van der Waals surface area contributed by atoms with E-state index in [-0.39, 0.29) is 22.0 Å². The first-order valence-corrected chi connectivity index (χ1v) is 7.92. The molecule has 1 N–H and O–H groups in total. The van der Waals surface area contributed by atoms with E-state index in [0.29, 0.717) is 5.75 Å². The second kappa shape index (κ2) is 8.53. The zero-order valence-corrected chi connectivity index (χ0v) is 15.1. The van der Waals surface area contributed by atoms with Crippen LogP contribution in [0.5, 0.6) is 11.5 Å². The number of rotatable bonds is 6. The van der Waals surface area contributed by atoms with Crippen molar-refractivity contribution >= 4 is 29.2 Å². The topological polar surface area (TPSA) is 73.9 Å². The van der Waals surface area contributed by atoms with Crippen molar-refractivity contribution in [1.29, 1.82) is 0 Å². The normalized spacial score (nSPS) is 11.4. The summed E-state index contributed by atoms with van der Waals surface area (Å²) in [6.45, 7) is 1.37. The third kappa shape index (κ3) is 4.64. The number of esters is 1. The molecular formula is C18H17ClFNO5. The molecule has 2 rings (SSSR count). The van der Waals surface area contributed by atoms with Gasteiger partial charge in [-0.2, -0.15) is 0 Å². The van der Waals surface area contributed by atoms with E-state index in [1.807, 2.05) is 0 Å². The van der Waals surface area contributed by atoms with Gasteiger partial charge in [0.1, 0.15) is 22.9 Å². The highest BCUT2D eigenvalue weighted by Gasteiger charge is 2.22. The molecule has 1 atom stereocenters. The minimum Gasteiger partial charge on any atom is -0.497 e. The first-order valence-electron chi connectivity index (χ1n) is 7.54. The van der Waals surface area contributed by atoms with Gasteiger partial charge in [0.25, 0.3) is 5.91 Å². The van der Waals surface area contributed by atoms with Crippen LogP contribution in [0.1, 0.15) is 17.3 Å². The number of hydrogen-bond acceptors (Lipinski definition) is 5. The summed E-state index contributed by atoms with van der Waals surface area (Å²) < 4.78 is 29.1. The van der Waals surface area contributed by atoms with Gasteiger partial charge in [-0.05, 0) is 43.3 Å². The summed E-state index contributed by atoms with van der Waals surface area (Å²) in [7, 11) is 2.85. The molecule has 6 nitrogen and oxygen atoms in total. The van der Waals surface area contributed by atoms with Crippen LogP contribution in [0.3, 0.4) is 0 Å². The monoisotopic (exact) mass is 381 g/mol. The van der Waals surface area contributed by atoms with Crippen molar-refractivity contribution in [2.45, 2.75) is 13.0 Å². The predicted octanol–water partition coefficient (Wildman–Crippen LogP) is 3.68. The van der Waals surface area contributed by atoms with Gasteiger partial charge in [-0.25, -0.2) is 9.18 Å². The fourth-order valence-corrected chi connectivity index (χ4v) is 2.24. The molecule has 0 saturated heterocycles. The Morgan fingerprint density at radius 1 is 1.12 bits per heavy atom. The van der Waals surface area contributed by atoms with E-state index in [2.05, 4.69) is 5.32 Å². The van der Waals surface area contributed by atoms with Gasteiger partial charge in [0, 0.05) is 5.02 Å². The number of nitrogens with one attached hydrogen (secondary N) is 1. The van der Waals surface area contributed by atoms with E-state index in [0.717, 1.165) is 6.07 Å². The van der Waals surface area contributed by atoms with Gasteiger partial charge in [0.15, 0.2) is 6.10 Å². The molecule has 2 aromatic rings. The lowest BCUT2D eigenvalue weighted by Gasteiger charge is -2.15. The standard InChI is InChI=1S/C18H17ClFNO5/c1-10(17(22)21-15-6-4-11(19)8-14(15)20)26-18(23)13-9-12(24-2)5-7-16(13)25-3/h4-10H,1-3H3,(H,21,22). The summed E-state index contributed by atoms with van der Waals surface area (Å²) in [5, 5.41) is 2.54. The molecule has 1 amide bonds. The van der Waals surface area contributed by atoms with Crippen LogP contribution < -0.4 is 14.8 Å². The fraction of sp³-hybridized carbons (Fsp3) is 0.222. The molecule has 0 aliphatic rings. The molecule has 8 heteroatoms. The highest BCUT2D eigenvalue weighted by molar-refractivity contribution is 6.30. The van der Waals surface area contributed by atoms with E-state index in [1.165, 1.54) is 39.3 Å². The van der Waals surface area contributed by atoms with Crippen molar-refractivity contribution in [2.75, 3.05) is 19.5 Å². The van der Waals surface area contributed by atoms with Crippen LogP contribution in [0, 0.1) is 5.82 Å². The molecule has 0 saturated carbocycles. The van der Waals surface area contributed by atoms with Gasteiger partial charge in [0.05, 0.1) is 19.9 Å². The highest BCUT2D eigenvalue weighted by Crippen LogP contribution is 2.25. The maximum Gasteiger partial charge on any atom is 0.342 e. The molecule has 0 bridgehead atoms. The van der Waals surface area contributed by atoms with E-state index in [4.69, 9.17) is 25.8 Å². The number of amides is 1. The molecule has 0 radical (unpaired) electrons. The number of carbonyl (C=O) groups is 2. The Balaban J connectivity index is 2.10. The molecule has 0 aliphatic carbocycles. The van der Waals surface area contributed by atoms with Crippen LogP contribution in [0.15, 0.2) is 36.4 Å². The summed E-state index contributed by atoms with van der Waals surface area (Å²) >= 11 is 5.66. The van der Waals surface area contributed by atoms with E-state index in [9.17, 15) is 14.0 Å². The van der Waals surface area contributed by atoms with Crippen LogP contribution in [-0.4, -0.2) is 32.2 Å². The van der Waals surface area contributed by atoms with Gasteiger partial charge in [0.2, 0.25) is 0 Å². The van der Waals surface area contributed by atoms with Crippen LogP contribution in [0.2, 0.25) is 5.02 Å². The molecule has 0 spiro atoms. The Kier molecular flexibility index (Phi) is 6.41. The number of methoxy groups -OCH3 is 2. The Morgan fingerprint density at radius 2 is 1.85 bits per heavy atom. The lowest BCUT2D eigenvalue weighted by Crippen LogP contribution is -2.30. The van der Waals surface area contributed by atoms with Crippen molar-refractivity contribution in [3.8, 4) is 11.5 Å². The second-order valence-electron chi connectivity index (χ2n) is 5.23. The summed E-state index contributed by atoms with van der Waals surface area (Å²) in [5.41, 5.74) is 0.0328. The molecule has 0 aliphatic heterocycles. The highest BCUT2D eigenvalue weighted by atomic mass is 35.5. The fourth-order valence-electron chi connectivity index (χ4n) is 2.08. The number of benzene rings is 2. The van der Waals surface area contributed by atoms with Crippen molar-refractivity contribution in [1.82, 2.24) is 0 Å². The summed E-state index contributed by atoms with van der Waals surface area (Å²) in [4.78, 5) is 24.5. The molecule has 2 aromatic carbocycles. The molecule has 0 heterocycles. The molecule has 1 unspecified atom stereocenters. The minimum atomic E-state index is -1.17. The Morgan fingerprint density at radius 3 is 2.46 bits per heavy atom. The van der Waals surface area contributed by atoms with Crippen LogP contribution in [-0.2, 0) is 9.53 Å². The lowest BCUT2D eigenvalue weighted by atomic mass is 10.2. The summed E-state index contributed by atoms with van der Waals surface area (Å²) in [5.74, 6) is -1.47. The third-order valence-electron chi connectivity index (χ3n) is 3.47. The Bertz CT molecular complexity index is 827. The number of hydrogen-bond donors (Lipinski definition) is 1. The third-order valence-corrected chi connectivity index (χ3v) is 3.70. The van der Waals surface area contributed by atoms with E-state index < -0.39 is 23.8 Å². The molecule has 138 valence electrons. The van der Waals surface area contributed by atoms with E-state index in [1.54, 1.807) is 12.1 Å². The van der Waals surface area contributed by atoms with Crippen LogP contribution >= 0.6 is 11.6 Å².